The Morgan fingerprint density at radius 1 is 1.35 bits per heavy atom. The molecule has 96 valence electrons. The summed E-state index contributed by atoms with van der Waals surface area (Å²) in [5.74, 6) is 1.47. The van der Waals surface area contributed by atoms with E-state index >= 15 is 0 Å². The second-order valence-electron chi connectivity index (χ2n) is 5.38. The SMILES string of the molecule is CC1CCC(C)N(CCCn2ccc(N)n2)C1. The molecule has 1 aromatic rings. The molecule has 0 aliphatic carbocycles. The van der Waals surface area contributed by atoms with Crippen LogP contribution in [0, 0.1) is 5.92 Å². The third kappa shape index (κ3) is 3.46. The van der Waals surface area contributed by atoms with Crippen LogP contribution in [0.15, 0.2) is 12.3 Å². The largest absolute Gasteiger partial charge is 0.382 e. The van der Waals surface area contributed by atoms with Crippen molar-refractivity contribution in [2.24, 2.45) is 5.92 Å². The molecule has 2 atom stereocenters. The molecule has 1 aliphatic heterocycles. The summed E-state index contributed by atoms with van der Waals surface area (Å²) in [6, 6.07) is 2.60. The van der Waals surface area contributed by atoms with E-state index in [1.54, 1.807) is 0 Å². The zero-order valence-electron chi connectivity index (χ0n) is 11.0. The van der Waals surface area contributed by atoms with Crippen LogP contribution in [-0.4, -0.2) is 33.8 Å². The predicted molar refractivity (Wildman–Crippen MR) is 70.7 cm³/mol. The second-order valence-corrected chi connectivity index (χ2v) is 5.38. The van der Waals surface area contributed by atoms with Gasteiger partial charge in [0, 0.05) is 31.9 Å². The Morgan fingerprint density at radius 3 is 2.88 bits per heavy atom. The summed E-state index contributed by atoms with van der Waals surface area (Å²) in [4.78, 5) is 2.61. The van der Waals surface area contributed by atoms with Gasteiger partial charge in [-0.05, 0) is 38.2 Å². The molecule has 4 nitrogen and oxygen atoms in total. The number of anilines is 1. The zero-order valence-corrected chi connectivity index (χ0v) is 11.0. The molecule has 0 aromatic carbocycles. The number of nitrogens with zero attached hydrogens (tertiary/aromatic N) is 3. The van der Waals surface area contributed by atoms with E-state index in [1.807, 2.05) is 16.9 Å². The molecule has 2 N–H and O–H groups in total. The van der Waals surface area contributed by atoms with Gasteiger partial charge in [-0.3, -0.25) is 4.68 Å². The molecular formula is C13H24N4. The number of aromatic nitrogens is 2. The molecule has 1 aromatic heterocycles. The lowest BCUT2D eigenvalue weighted by Crippen LogP contribution is -2.41. The summed E-state index contributed by atoms with van der Waals surface area (Å²) in [5.41, 5.74) is 5.59. The van der Waals surface area contributed by atoms with Crippen molar-refractivity contribution in [1.82, 2.24) is 14.7 Å². The van der Waals surface area contributed by atoms with Crippen molar-refractivity contribution in [3.8, 4) is 0 Å². The average Bonchev–Trinajstić information content (AvgIpc) is 2.69. The van der Waals surface area contributed by atoms with Gasteiger partial charge in [-0.1, -0.05) is 6.92 Å². The van der Waals surface area contributed by atoms with Crippen LogP contribution < -0.4 is 5.73 Å². The lowest BCUT2D eigenvalue weighted by Gasteiger charge is -2.36. The molecule has 2 rings (SSSR count). The van der Waals surface area contributed by atoms with Gasteiger partial charge in [0.05, 0.1) is 0 Å². The molecular weight excluding hydrogens is 212 g/mol. The summed E-state index contributed by atoms with van der Waals surface area (Å²) in [6.07, 6.45) is 5.83. The average molecular weight is 236 g/mol. The highest BCUT2D eigenvalue weighted by Gasteiger charge is 2.21. The number of rotatable bonds is 4. The minimum Gasteiger partial charge on any atom is -0.382 e. The maximum absolute atomic E-state index is 5.59. The minimum atomic E-state index is 0.616. The summed E-state index contributed by atoms with van der Waals surface area (Å²) in [5, 5.41) is 4.20. The summed E-state index contributed by atoms with van der Waals surface area (Å²) in [6.45, 7) is 8.09. The molecule has 0 radical (unpaired) electrons. The summed E-state index contributed by atoms with van der Waals surface area (Å²) >= 11 is 0. The fraction of sp³-hybridized carbons (Fsp3) is 0.769. The van der Waals surface area contributed by atoms with Gasteiger partial charge < -0.3 is 10.6 Å². The van der Waals surface area contributed by atoms with Gasteiger partial charge in [-0.15, -0.1) is 0 Å². The number of nitrogen functional groups attached to an aromatic ring is 1. The van der Waals surface area contributed by atoms with Crippen molar-refractivity contribution in [1.29, 1.82) is 0 Å². The smallest absolute Gasteiger partial charge is 0.145 e. The van der Waals surface area contributed by atoms with Gasteiger partial charge in [-0.25, -0.2) is 0 Å². The highest BCUT2D eigenvalue weighted by Crippen LogP contribution is 2.21. The third-order valence-electron chi connectivity index (χ3n) is 3.74. The first kappa shape index (κ1) is 12.4. The Morgan fingerprint density at radius 2 is 2.18 bits per heavy atom. The fourth-order valence-electron chi connectivity index (χ4n) is 2.63. The molecule has 0 spiro atoms. The van der Waals surface area contributed by atoms with Crippen LogP contribution in [0.1, 0.15) is 33.1 Å². The summed E-state index contributed by atoms with van der Waals surface area (Å²) in [7, 11) is 0. The number of likely N-dealkylation sites (tertiary alicyclic amines) is 1. The number of nitrogens with two attached hydrogens (primary N) is 1. The molecule has 0 amide bonds. The number of hydrogen-bond acceptors (Lipinski definition) is 3. The summed E-state index contributed by atoms with van der Waals surface area (Å²) < 4.78 is 1.94. The van der Waals surface area contributed by atoms with Crippen LogP contribution in [0.5, 0.6) is 0 Å². The second kappa shape index (κ2) is 5.54. The monoisotopic (exact) mass is 236 g/mol. The van der Waals surface area contributed by atoms with E-state index in [0.29, 0.717) is 5.82 Å². The molecule has 4 heteroatoms. The molecule has 1 fully saturated rings. The van der Waals surface area contributed by atoms with Crippen molar-refractivity contribution in [2.45, 2.75) is 45.7 Å². The van der Waals surface area contributed by atoms with E-state index in [9.17, 15) is 0 Å². The molecule has 2 unspecified atom stereocenters. The normalized spacial score (nSPS) is 26.2. The standard InChI is InChI=1S/C13H24N4/c1-11-4-5-12(2)16(10-11)7-3-8-17-9-6-13(14)15-17/h6,9,11-12H,3-5,7-8,10H2,1-2H3,(H2,14,15). The molecule has 0 bridgehead atoms. The van der Waals surface area contributed by atoms with Gasteiger partial charge in [0.15, 0.2) is 0 Å². The van der Waals surface area contributed by atoms with Crippen molar-refractivity contribution in [3.63, 3.8) is 0 Å². The van der Waals surface area contributed by atoms with E-state index in [-0.39, 0.29) is 0 Å². The van der Waals surface area contributed by atoms with Crippen molar-refractivity contribution < 1.29 is 0 Å². The maximum atomic E-state index is 5.59. The Balaban J connectivity index is 1.74. The Labute approximate surface area is 104 Å². The quantitative estimate of drug-likeness (QED) is 0.869. The molecule has 0 saturated carbocycles. The van der Waals surface area contributed by atoms with Gasteiger partial charge in [0.2, 0.25) is 0 Å². The fourth-order valence-corrected chi connectivity index (χ4v) is 2.63. The van der Waals surface area contributed by atoms with E-state index in [0.717, 1.165) is 24.9 Å². The first-order chi connectivity index (χ1) is 8.15. The molecule has 17 heavy (non-hydrogen) atoms. The van der Waals surface area contributed by atoms with Crippen LogP contribution in [0.3, 0.4) is 0 Å². The molecule has 1 saturated heterocycles. The van der Waals surface area contributed by atoms with Crippen LogP contribution in [0.25, 0.3) is 0 Å². The Kier molecular flexibility index (Phi) is 4.05. The third-order valence-corrected chi connectivity index (χ3v) is 3.74. The van der Waals surface area contributed by atoms with Gasteiger partial charge in [-0.2, -0.15) is 5.10 Å². The number of aryl methyl sites for hydroxylation is 1. The van der Waals surface area contributed by atoms with E-state index < -0.39 is 0 Å². The maximum Gasteiger partial charge on any atom is 0.145 e. The lowest BCUT2D eigenvalue weighted by atomic mass is 9.95. The van der Waals surface area contributed by atoms with E-state index in [4.69, 9.17) is 5.73 Å². The van der Waals surface area contributed by atoms with Crippen LogP contribution in [0.4, 0.5) is 5.82 Å². The van der Waals surface area contributed by atoms with Crippen molar-refractivity contribution in [2.75, 3.05) is 18.8 Å². The van der Waals surface area contributed by atoms with Crippen LogP contribution in [0.2, 0.25) is 0 Å². The van der Waals surface area contributed by atoms with Gasteiger partial charge in [0.1, 0.15) is 5.82 Å². The lowest BCUT2D eigenvalue weighted by molar-refractivity contribution is 0.121. The van der Waals surface area contributed by atoms with Crippen LogP contribution in [-0.2, 0) is 6.54 Å². The van der Waals surface area contributed by atoms with Crippen molar-refractivity contribution >= 4 is 5.82 Å². The predicted octanol–water partition coefficient (Wildman–Crippen LogP) is 1.98. The number of hydrogen-bond donors (Lipinski definition) is 1. The highest BCUT2D eigenvalue weighted by atomic mass is 15.3. The minimum absolute atomic E-state index is 0.616. The Bertz CT molecular complexity index is 347. The van der Waals surface area contributed by atoms with Crippen molar-refractivity contribution in [3.05, 3.63) is 12.3 Å². The highest BCUT2D eigenvalue weighted by molar-refractivity contribution is 5.23. The number of piperidine rings is 1. The first-order valence-electron chi connectivity index (χ1n) is 6.68. The van der Waals surface area contributed by atoms with E-state index in [2.05, 4.69) is 23.8 Å². The zero-order chi connectivity index (χ0) is 12.3. The topological polar surface area (TPSA) is 47.1 Å². The van der Waals surface area contributed by atoms with Gasteiger partial charge >= 0.3 is 0 Å². The molecule has 1 aliphatic rings. The van der Waals surface area contributed by atoms with E-state index in [1.165, 1.54) is 25.9 Å². The van der Waals surface area contributed by atoms with Crippen LogP contribution >= 0.6 is 0 Å². The first-order valence-corrected chi connectivity index (χ1v) is 6.68. The Hall–Kier alpha value is -1.03. The van der Waals surface area contributed by atoms with Gasteiger partial charge in [0.25, 0.3) is 0 Å². The molecule has 2 heterocycles.